The first-order chi connectivity index (χ1) is 13.1. The van der Waals surface area contributed by atoms with Gasteiger partial charge in [0, 0.05) is 10.8 Å². The van der Waals surface area contributed by atoms with Crippen molar-refractivity contribution in [3.05, 3.63) is 0 Å². The van der Waals surface area contributed by atoms with E-state index >= 15 is 0 Å². The lowest BCUT2D eigenvalue weighted by Crippen LogP contribution is -2.16. The Bertz CT molecular complexity index is 500. The zero-order valence-corrected chi connectivity index (χ0v) is 25.3. The summed E-state index contributed by atoms with van der Waals surface area (Å²) in [6.45, 7) is 40.8. The standard InChI is InChI=1S/C11H22.C10H22.C10H18/c1-10(2,3)8-7-9(8)11(4,5)6;2*1-9(2,3)7-8-10(4,5)6/h8-9H,7H2,1-6H3;7-8H2,1-6H3;1-6H3. The monoisotopic (exact) mass is 434 g/mol. The van der Waals surface area contributed by atoms with Gasteiger partial charge in [0.15, 0.2) is 0 Å². The molecule has 0 aromatic heterocycles. The molecular weight excluding hydrogens is 372 g/mol. The summed E-state index contributed by atoms with van der Waals surface area (Å²) >= 11 is 0. The third-order valence-corrected chi connectivity index (χ3v) is 5.45. The summed E-state index contributed by atoms with van der Waals surface area (Å²) < 4.78 is 0. The van der Waals surface area contributed by atoms with Gasteiger partial charge in [0.05, 0.1) is 0 Å². The molecule has 0 aliphatic heterocycles. The lowest BCUT2D eigenvalue weighted by molar-refractivity contribution is 0.254. The maximum atomic E-state index is 3.21. The van der Waals surface area contributed by atoms with Crippen molar-refractivity contribution in [2.75, 3.05) is 0 Å². The zero-order chi connectivity index (χ0) is 25.7. The van der Waals surface area contributed by atoms with Crippen LogP contribution in [0.15, 0.2) is 0 Å². The van der Waals surface area contributed by atoms with Crippen molar-refractivity contribution in [3.8, 4) is 11.8 Å². The molecule has 0 amide bonds. The molecule has 0 aromatic carbocycles. The SMILES string of the molecule is CC(C)(C)C#CC(C)(C)C.CC(C)(C)C1CC1C(C)(C)C.CC(C)(C)CCC(C)(C)C. The summed E-state index contributed by atoms with van der Waals surface area (Å²) in [4.78, 5) is 0. The third kappa shape index (κ3) is 22.5. The van der Waals surface area contributed by atoms with Crippen LogP contribution in [0.3, 0.4) is 0 Å². The fourth-order valence-electron chi connectivity index (χ4n) is 3.23. The van der Waals surface area contributed by atoms with Gasteiger partial charge in [0.2, 0.25) is 0 Å². The Morgan fingerprint density at radius 2 is 0.677 bits per heavy atom. The van der Waals surface area contributed by atoms with Crippen molar-refractivity contribution in [1.82, 2.24) is 0 Å². The molecule has 0 saturated heterocycles. The molecule has 0 radical (unpaired) electrons. The van der Waals surface area contributed by atoms with Crippen LogP contribution in [0.25, 0.3) is 0 Å². The lowest BCUT2D eigenvalue weighted by atomic mass is 9.81. The van der Waals surface area contributed by atoms with Crippen LogP contribution in [0, 0.1) is 56.2 Å². The van der Waals surface area contributed by atoms with E-state index in [1.807, 2.05) is 0 Å². The lowest BCUT2D eigenvalue weighted by Gasteiger charge is -2.24. The Kier molecular flexibility index (Phi) is 11.7. The maximum Gasteiger partial charge on any atom is 0.0230 e. The van der Waals surface area contributed by atoms with Crippen LogP contribution < -0.4 is 0 Å². The van der Waals surface area contributed by atoms with Crippen molar-refractivity contribution >= 4 is 0 Å². The molecule has 0 N–H and O–H groups in total. The summed E-state index contributed by atoms with van der Waals surface area (Å²) in [5, 5.41) is 0. The molecular formula is C31H62. The van der Waals surface area contributed by atoms with Gasteiger partial charge in [-0.15, -0.1) is 0 Å². The second kappa shape index (κ2) is 11.1. The second-order valence-electron chi connectivity index (χ2n) is 16.6. The second-order valence-corrected chi connectivity index (χ2v) is 16.6. The fraction of sp³-hybridized carbons (Fsp3) is 0.935. The van der Waals surface area contributed by atoms with E-state index in [2.05, 4.69) is 136 Å². The normalized spacial score (nSPS) is 19.8. The first-order valence-corrected chi connectivity index (χ1v) is 12.7. The molecule has 1 saturated carbocycles. The first kappa shape index (κ1) is 32.7. The zero-order valence-electron chi connectivity index (χ0n) is 25.3. The Morgan fingerprint density at radius 3 is 0.774 bits per heavy atom. The van der Waals surface area contributed by atoms with Gasteiger partial charge in [-0.05, 0) is 94.3 Å². The minimum absolute atomic E-state index is 0.146. The molecule has 186 valence electrons. The van der Waals surface area contributed by atoms with Gasteiger partial charge < -0.3 is 0 Å². The molecule has 0 heteroatoms. The maximum absolute atomic E-state index is 3.21. The van der Waals surface area contributed by atoms with E-state index in [1.54, 1.807) is 0 Å². The van der Waals surface area contributed by atoms with Gasteiger partial charge in [-0.25, -0.2) is 0 Å². The highest BCUT2D eigenvalue weighted by Gasteiger charge is 2.50. The predicted molar refractivity (Wildman–Crippen MR) is 145 cm³/mol. The van der Waals surface area contributed by atoms with Crippen LogP contribution in [0.1, 0.15) is 144 Å². The van der Waals surface area contributed by atoms with Crippen molar-refractivity contribution < 1.29 is 0 Å². The van der Waals surface area contributed by atoms with Crippen LogP contribution in [0.4, 0.5) is 0 Å². The van der Waals surface area contributed by atoms with Crippen LogP contribution in [-0.2, 0) is 0 Å². The molecule has 0 heterocycles. The van der Waals surface area contributed by atoms with E-state index in [0.717, 1.165) is 11.8 Å². The smallest absolute Gasteiger partial charge is 0.0230 e. The average Bonchev–Trinajstić information content (AvgIpc) is 3.22. The molecule has 0 aromatic rings. The van der Waals surface area contributed by atoms with E-state index in [-0.39, 0.29) is 10.8 Å². The van der Waals surface area contributed by atoms with E-state index < -0.39 is 0 Å². The largest absolute Gasteiger partial charge is 0.0968 e. The molecule has 0 spiro atoms. The van der Waals surface area contributed by atoms with Crippen molar-refractivity contribution in [3.63, 3.8) is 0 Å². The molecule has 31 heavy (non-hydrogen) atoms. The third-order valence-electron chi connectivity index (χ3n) is 5.45. The van der Waals surface area contributed by atoms with Crippen LogP contribution >= 0.6 is 0 Å². The van der Waals surface area contributed by atoms with Gasteiger partial charge in [0.25, 0.3) is 0 Å². The molecule has 2 atom stereocenters. The number of rotatable bonds is 1. The topological polar surface area (TPSA) is 0 Å². The van der Waals surface area contributed by atoms with Crippen LogP contribution in [0.5, 0.6) is 0 Å². The van der Waals surface area contributed by atoms with Crippen LogP contribution in [0.2, 0.25) is 0 Å². The minimum atomic E-state index is 0.146. The Balaban J connectivity index is 0. The molecule has 0 bridgehead atoms. The van der Waals surface area contributed by atoms with Gasteiger partial charge in [-0.1, -0.05) is 94.9 Å². The summed E-state index contributed by atoms with van der Waals surface area (Å²) in [6, 6.07) is 0. The summed E-state index contributed by atoms with van der Waals surface area (Å²) in [5.74, 6) is 8.37. The van der Waals surface area contributed by atoms with Gasteiger partial charge in [0.1, 0.15) is 0 Å². The average molecular weight is 435 g/mol. The summed E-state index contributed by atoms with van der Waals surface area (Å²) in [7, 11) is 0. The summed E-state index contributed by atoms with van der Waals surface area (Å²) in [6.07, 6.45) is 4.11. The highest BCUT2D eigenvalue weighted by molar-refractivity contribution is 5.12. The van der Waals surface area contributed by atoms with E-state index in [9.17, 15) is 0 Å². The quantitative estimate of drug-likeness (QED) is 0.360. The van der Waals surface area contributed by atoms with Gasteiger partial charge in [-0.2, -0.15) is 0 Å². The Labute approximate surface area is 200 Å². The highest BCUT2D eigenvalue weighted by Crippen LogP contribution is 2.58. The number of hydrogen-bond donors (Lipinski definition) is 0. The molecule has 1 fully saturated rings. The summed E-state index contributed by atoms with van der Waals surface area (Å²) in [5.41, 5.74) is 2.39. The Hall–Kier alpha value is -0.440. The number of hydrogen-bond acceptors (Lipinski definition) is 0. The predicted octanol–water partition coefficient (Wildman–Crippen LogP) is 10.7. The van der Waals surface area contributed by atoms with Crippen LogP contribution in [-0.4, -0.2) is 0 Å². The van der Waals surface area contributed by atoms with E-state index in [0.29, 0.717) is 21.7 Å². The molecule has 1 aliphatic carbocycles. The molecule has 1 rings (SSSR count). The highest BCUT2D eigenvalue weighted by atomic mass is 14.5. The van der Waals surface area contributed by atoms with Gasteiger partial charge >= 0.3 is 0 Å². The van der Waals surface area contributed by atoms with Crippen molar-refractivity contribution in [2.24, 2.45) is 44.3 Å². The Morgan fingerprint density at radius 1 is 0.452 bits per heavy atom. The van der Waals surface area contributed by atoms with Gasteiger partial charge in [-0.3, -0.25) is 0 Å². The first-order valence-electron chi connectivity index (χ1n) is 12.7. The van der Waals surface area contributed by atoms with E-state index in [1.165, 1.54) is 19.3 Å². The molecule has 2 unspecified atom stereocenters. The van der Waals surface area contributed by atoms with Crippen molar-refractivity contribution in [2.45, 2.75) is 144 Å². The fourth-order valence-corrected chi connectivity index (χ4v) is 3.23. The van der Waals surface area contributed by atoms with Crippen molar-refractivity contribution in [1.29, 1.82) is 0 Å². The molecule has 1 aliphatic rings. The van der Waals surface area contributed by atoms with E-state index in [4.69, 9.17) is 0 Å². The molecule has 0 nitrogen and oxygen atoms in total. The minimum Gasteiger partial charge on any atom is -0.0968 e.